The van der Waals surface area contributed by atoms with E-state index in [1.807, 2.05) is 0 Å². The molecule has 1 heterocycles. The van der Waals surface area contributed by atoms with E-state index >= 15 is 0 Å². The minimum absolute atomic E-state index is 0.0508. The van der Waals surface area contributed by atoms with E-state index in [0.29, 0.717) is 36.2 Å². The first-order valence-electron chi connectivity index (χ1n) is 10.4. The standard InChI is InChI=1S/C23H22N4O7S/c1-15(16-7-10-21-22(13-16)34-12-11-33-21)24-25-19-9-8-17(27(28)29)14-23(19)35(30,31)26-18-5-3-4-6-20(18)32-2/h3-10,13-14,25-26H,11-12H2,1-2H3. The molecule has 4 rings (SSSR count). The van der Waals surface area contributed by atoms with Crippen LogP contribution in [0.5, 0.6) is 17.2 Å². The van der Waals surface area contributed by atoms with E-state index in [1.165, 1.54) is 25.3 Å². The maximum absolute atomic E-state index is 13.2. The number of anilines is 2. The van der Waals surface area contributed by atoms with Gasteiger partial charge in [-0.3, -0.25) is 20.3 Å². The molecule has 0 radical (unpaired) electrons. The summed E-state index contributed by atoms with van der Waals surface area (Å²) in [5.74, 6) is 1.51. The molecular formula is C23H22N4O7S. The van der Waals surface area contributed by atoms with Gasteiger partial charge in [0.05, 0.1) is 29.1 Å². The molecule has 12 heteroatoms. The van der Waals surface area contributed by atoms with Crippen LogP contribution in [0.15, 0.2) is 70.7 Å². The van der Waals surface area contributed by atoms with Crippen molar-refractivity contribution in [2.24, 2.45) is 5.10 Å². The highest BCUT2D eigenvalue weighted by Gasteiger charge is 2.24. The van der Waals surface area contributed by atoms with Crippen molar-refractivity contribution in [1.82, 2.24) is 0 Å². The van der Waals surface area contributed by atoms with Crippen LogP contribution in [0, 0.1) is 10.1 Å². The lowest BCUT2D eigenvalue weighted by atomic mass is 10.1. The average molecular weight is 499 g/mol. The lowest BCUT2D eigenvalue weighted by Crippen LogP contribution is -2.16. The van der Waals surface area contributed by atoms with Crippen molar-refractivity contribution in [1.29, 1.82) is 0 Å². The molecule has 2 N–H and O–H groups in total. The summed E-state index contributed by atoms with van der Waals surface area (Å²) in [5.41, 5.74) is 3.82. The highest BCUT2D eigenvalue weighted by atomic mass is 32.2. The van der Waals surface area contributed by atoms with Gasteiger partial charge in [-0.25, -0.2) is 8.42 Å². The summed E-state index contributed by atoms with van der Waals surface area (Å²) in [6, 6.07) is 15.2. The van der Waals surface area contributed by atoms with Gasteiger partial charge in [0.1, 0.15) is 23.9 Å². The highest BCUT2D eigenvalue weighted by Crippen LogP contribution is 2.32. The molecule has 1 aliphatic rings. The Morgan fingerprint density at radius 1 is 1.03 bits per heavy atom. The summed E-state index contributed by atoms with van der Waals surface area (Å²) in [7, 11) is -2.85. The number of non-ortho nitro benzene ring substituents is 1. The first-order chi connectivity index (χ1) is 16.8. The van der Waals surface area contributed by atoms with Gasteiger partial charge in [0.15, 0.2) is 11.5 Å². The first kappa shape index (κ1) is 23.8. The Bertz CT molecular complexity index is 1410. The van der Waals surface area contributed by atoms with Gasteiger partial charge in [0.25, 0.3) is 15.7 Å². The summed E-state index contributed by atoms with van der Waals surface area (Å²) >= 11 is 0. The van der Waals surface area contributed by atoms with Gasteiger partial charge in [-0.2, -0.15) is 5.10 Å². The molecule has 3 aromatic rings. The normalized spacial score (nSPS) is 13.1. The summed E-state index contributed by atoms with van der Waals surface area (Å²) in [6.07, 6.45) is 0. The molecule has 0 saturated heterocycles. The van der Waals surface area contributed by atoms with Crippen molar-refractivity contribution < 1.29 is 27.6 Å². The molecule has 0 atom stereocenters. The molecule has 35 heavy (non-hydrogen) atoms. The number of nitrogens with one attached hydrogen (secondary N) is 2. The smallest absolute Gasteiger partial charge is 0.270 e. The molecule has 0 aromatic heterocycles. The number of methoxy groups -OCH3 is 1. The lowest BCUT2D eigenvalue weighted by molar-refractivity contribution is -0.385. The number of hydrogen-bond acceptors (Lipinski definition) is 9. The van der Waals surface area contributed by atoms with Crippen LogP contribution in [0.1, 0.15) is 12.5 Å². The Labute approximate surface area is 201 Å². The number of sulfonamides is 1. The zero-order valence-corrected chi connectivity index (χ0v) is 19.7. The highest BCUT2D eigenvalue weighted by molar-refractivity contribution is 7.93. The Hall–Kier alpha value is -4.32. The van der Waals surface area contributed by atoms with Gasteiger partial charge in [-0.15, -0.1) is 0 Å². The van der Waals surface area contributed by atoms with Crippen molar-refractivity contribution in [3.63, 3.8) is 0 Å². The van der Waals surface area contributed by atoms with E-state index in [-0.39, 0.29) is 22.0 Å². The van der Waals surface area contributed by atoms with Gasteiger partial charge in [-0.1, -0.05) is 12.1 Å². The van der Waals surface area contributed by atoms with Crippen molar-refractivity contribution >= 4 is 32.8 Å². The van der Waals surface area contributed by atoms with Crippen LogP contribution in [0.25, 0.3) is 0 Å². The molecule has 0 amide bonds. The van der Waals surface area contributed by atoms with E-state index in [0.717, 1.165) is 11.6 Å². The van der Waals surface area contributed by atoms with E-state index < -0.39 is 14.9 Å². The average Bonchev–Trinajstić information content (AvgIpc) is 2.86. The second kappa shape index (κ2) is 9.89. The second-order valence-electron chi connectivity index (χ2n) is 7.41. The number of hydrogen-bond donors (Lipinski definition) is 2. The summed E-state index contributed by atoms with van der Waals surface area (Å²) in [4.78, 5) is 10.3. The fourth-order valence-electron chi connectivity index (χ4n) is 3.35. The number of rotatable bonds is 8. The molecule has 0 unspecified atom stereocenters. The van der Waals surface area contributed by atoms with E-state index in [4.69, 9.17) is 14.2 Å². The zero-order chi connectivity index (χ0) is 25.0. The third kappa shape index (κ3) is 5.27. The van der Waals surface area contributed by atoms with E-state index in [9.17, 15) is 18.5 Å². The van der Waals surface area contributed by atoms with Gasteiger partial charge < -0.3 is 14.2 Å². The van der Waals surface area contributed by atoms with Crippen LogP contribution < -0.4 is 24.4 Å². The third-order valence-electron chi connectivity index (χ3n) is 5.12. The Morgan fingerprint density at radius 2 is 1.77 bits per heavy atom. The number of nitrogens with zero attached hydrogens (tertiary/aromatic N) is 2. The molecule has 182 valence electrons. The van der Waals surface area contributed by atoms with Gasteiger partial charge in [0.2, 0.25) is 0 Å². The quantitative estimate of drug-likeness (QED) is 0.270. The van der Waals surface area contributed by atoms with Gasteiger partial charge >= 0.3 is 0 Å². The van der Waals surface area contributed by atoms with E-state index in [1.54, 1.807) is 43.3 Å². The maximum atomic E-state index is 13.2. The zero-order valence-electron chi connectivity index (χ0n) is 18.8. The van der Waals surface area contributed by atoms with E-state index in [2.05, 4.69) is 15.2 Å². The third-order valence-corrected chi connectivity index (χ3v) is 6.53. The van der Waals surface area contributed by atoms with Gasteiger partial charge in [0, 0.05) is 17.7 Å². The van der Waals surface area contributed by atoms with Gasteiger partial charge in [-0.05, 0) is 43.3 Å². The maximum Gasteiger partial charge on any atom is 0.270 e. The van der Waals surface area contributed by atoms with Crippen LogP contribution in [0.3, 0.4) is 0 Å². The van der Waals surface area contributed by atoms with Crippen molar-refractivity contribution in [2.75, 3.05) is 30.5 Å². The fraction of sp³-hybridized carbons (Fsp3) is 0.174. The van der Waals surface area contributed by atoms with Crippen LogP contribution in [0.2, 0.25) is 0 Å². The lowest BCUT2D eigenvalue weighted by Gasteiger charge is -2.18. The SMILES string of the molecule is COc1ccccc1NS(=O)(=O)c1cc([N+](=O)[O-])ccc1NN=C(C)c1ccc2c(c1)OCCO2. The molecule has 1 aliphatic heterocycles. The molecule has 0 saturated carbocycles. The predicted molar refractivity (Wildman–Crippen MR) is 130 cm³/mol. The number of para-hydroxylation sites is 2. The summed E-state index contributed by atoms with van der Waals surface area (Å²) in [5, 5.41) is 15.6. The Morgan fingerprint density at radius 3 is 2.51 bits per heavy atom. The number of nitro groups is 1. The molecule has 0 spiro atoms. The number of ether oxygens (including phenoxy) is 3. The topological polar surface area (TPSA) is 141 Å². The first-order valence-corrected chi connectivity index (χ1v) is 11.9. The minimum Gasteiger partial charge on any atom is -0.495 e. The molecule has 0 fully saturated rings. The van der Waals surface area contributed by atoms with Crippen molar-refractivity contribution in [3.05, 3.63) is 76.3 Å². The molecular weight excluding hydrogens is 476 g/mol. The molecule has 3 aromatic carbocycles. The largest absolute Gasteiger partial charge is 0.495 e. The minimum atomic E-state index is -4.26. The number of benzene rings is 3. The fourth-order valence-corrected chi connectivity index (χ4v) is 4.59. The molecule has 0 aliphatic carbocycles. The van der Waals surface area contributed by atoms with Crippen LogP contribution >= 0.6 is 0 Å². The number of hydrazone groups is 1. The predicted octanol–water partition coefficient (Wildman–Crippen LogP) is 4.01. The number of nitro benzene ring substituents is 1. The van der Waals surface area contributed by atoms with Crippen LogP contribution in [-0.4, -0.2) is 39.4 Å². The van der Waals surface area contributed by atoms with Crippen LogP contribution in [-0.2, 0) is 10.0 Å². The number of fused-ring (bicyclic) bond motifs is 1. The molecule has 11 nitrogen and oxygen atoms in total. The summed E-state index contributed by atoms with van der Waals surface area (Å²) < 4.78 is 45.2. The monoisotopic (exact) mass is 498 g/mol. The van der Waals surface area contributed by atoms with Crippen molar-refractivity contribution in [3.8, 4) is 17.2 Å². The Balaban J connectivity index is 1.67. The molecule has 0 bridgehead atoms. The summed E-state index contributed by atoms with van der Waals surface area (Å²) in [6.45, 7) is 2.64. The Kier molecular flexibility index (Phi) is 6.73. The second-order valence-corrected chi connectivity index (χ2v) is 9.06. The van der Waals surface area contributed by atoms with Crippen LogP contribution in [0.4, 0.5) is 17.1 Å². The van der Waals surface area contributed by atoms with Crippen molar-refractivity contribution in [2.45, 2.75) is 11.8 Å².